The number of nitrogens with one attached hydrogen (secondary N) is 1. The van der Waals surface area contributed by atoms with Crippen molar-refractivity contribution in [1.29, 1.82) is 0 Å². The van der Waals surface area contributed by atoms with Crippen molar-refractivity contribution in [3.05, 3.63) is 59.7 Å². The first kappa shape index (κ1) is 17.8. The van der Waals surface area contributed by atoms with Crippen molar-refractivity contribution in [3.63, 3.8) is 0 Å². The van der Waals surface area contributed by atoms with Crippen LogP contribution in [-0.2, 0) is 11.3 Å². The number of carbonyl (C=O) groups is 1. The van der Waals surface area contributed by atoms with Gasteiger partial charge in [0.25, 0.3) is 0 Å². The summed E-state index contributed by atoms with van der Waals surface area (Å²) >= 11 is 0. The van der Waals surface area contributed by atoms with Crippen molar-refractivity contribution in [2.45, 2.75) is 18.5 Å². The minimum absolute atomic E-state index is 0.0679. The molecule has 0 radical (unpaired) electrons. The predicted octanol–water partition coefficient (Wildman–Crippen LogP) is 2.30. The molecule has 2 heterocycles. The van der Waals surface area contributed by atoms with Gasteiger partial charge in [0.05, 0.1) is 5.92 Å². The lowest BCUT2D eigenvalue weighted by Crippen LogP contribution is -2.41. The zero-order valence-corrected chi connectivity index (χ0v) is 15.3. The molecule has 2 aromatic rings. The summed E-state index contributed by atoms with van der Waals surface area (Å²) in [5.41, 5.74) is 2.18. The summed E-state index contributed by atoms with van der Waals surface area (Å²) in [6.07, 6.45) is 0. The molecule has 0 amide bonds. The van der Waals surface area contributed by atoms with Gasteiger partial charge in [-0.3, -0.25) is 4.79 Å². The molecule has 0 spiro atoms. The quantitative estimate of drug-likeness (QED) is 0.815. The zero-order valence-electron chi connectivity index (χ0n) is 15.3. The summed E-state index contributed by atoms with van der Waals surface area (Å²) in [6, 6.07) is 15.8. The molecule has 0 aromatic heterocycles. The maximum Gasteiger partial charge on any atom is 0.308 e. The Bertz CT molecular complexity index is 811. The highest BCUT2D eigenvalue weighted by molar-refractivity contribution is 5.73. The van der Waals surface area contributed by atoms with Gasteiger partial charge < -0.3 is 24.8 Å². The molecule has 2 aliphatic heterocycles. The van der Waals surface area contributed by atoms with Gasteiger partial charge in [0.15, 0.2) is 11.5 Å². The number of hydrogen-bond donors (Lipinski definition) is 2. The van der Waals surface area contributed by atoms with Crippen LogP contribution < -0.4 is 14.8 Å². The Morgan fingerprint density at radius 1 is 1.19 bits per heavy atom. The van der Waals surface area contributed by atoms with E-state index in [-0.39, 0.29) is 18.8 Å². The third-order valence-corrected chi connectivity index (χ3v) is 5.53. The highest BCUT2D eigenvalue weighted by Crippen LogP contribution is 2.41. The molecule has 2 N–H and O–H groups in total. The van der Waals surface area contributed by atoms with Crippen molar-refractivity contribution >= 4 is 5.97 Å². The van der Waals surface area contributed by atoms with Crippen LogP contribution in [0.15, 0.2) is 48.5 Å². The van der Waals surface area contributed by atoms with Crippen LogP contribution in [0.25, 0.3) is 0 Å². The smallest absolute Gasteiger partial charge is 0.308 e. The number of likely N-dealkylation sites (N-methyl/N-ethyl adjacent to an activating group) is 1. The normalized spacial score (nSPS) is 24.3. The minimum atomic E-state index is -0.756. The van der Waals surface area contributed by atoms with E-state index < -0.39 is 11.9 Å². The lowest BCUT2D eigenvalue weighted by molar-refractivity contribution is -0.142. The molecule has 4 rings (SSSR count). The van der Waals surface area contributed by atoms with Gasteiger partial charge in [0, 0.05) is 31.6 Å². The maximum absolute atomic E-state index is 12.1. The number of likely N-dealkylation sites (tertiary alicyclic amines) is 1. The van der Waals surface area contributed by atoms with Crippen molar-refractivity contribution in [3.8, 4) is 11.5 Å². The fourth-order valence-corrected chi connectivity index (χ4v) is 4.14. The van der Waals surface area contributed by atoms with Crippen molar-refractivity contribution < 1.29 is 19.4 Å². The maximum atomic E-state index is 12.1. The highest BCUT2D eigenvalue weighted by Gasteiger charge is 2.45. The zero-order chi connectivity index (χ0) is 18.8. The fraction of sp³-hybridized carbons (Fsp3) is 0.381. The van der Waals surface area contributed by atoms with Gasteiger partial charge in [0.1, 0.15) is 0 Å². The van der Waals surface area contributed by atoms with Gasteiger partial charge in [0.2, 0.25) is 6.79 Å². The number of fused-ring (bicyclic) bond motifs is 1. The second kappa shape index (κ2) is 7.58. The molecule has 2 aromatic carbocycles. The van der Waals surface area contributed by atoms with Crippen molar-refractivity contribution in [2.75, 3.05) is 26.9 Å². The molecular weight excluding hydrogens is 344 g/mol. The molecule has 6 heteroatoms. The number of carboxylic acids is 1. The average molecular weight is 368 g/mol. The summed E-state index contributed by atoms with van der Waals surface area (Å²) in [6.45, 7) is 2.28. The SMILES string of the molecule is CN1CC(c2ccc3c(c2)OCO3)C(C(=O)O)C1CNCc1ccccc1. The Morgan fingerprint density at radius 2 is 1.96 bits per heavy atom. The van der Waals surface area contributed by atoms with E-state index >= 15 is 0 Å². The van der Waals surface area contributed by atoms with E-state index in [9.17, 15) is 9.90 Å². The summed E-state index contributed by atoms with van der Waals surface area (Å²) < 4.78 is 10.8. The topological polar surface area (TPSA) is 71.0 Å². The van der Waals surface area contributed by atoms with E-state index in [4.69, 9.17) is 9.47 Å². The van der Waals surface area contributed by atoms with Gasteiger partial charge in [-0.25, -0.2) is 0 Å². The molecule has 1 saturated heterocycles. The number of ether oxygens (including phenoxy) is 2. The molecule has 0 bridgehead atoms. The molecule has 0 saturated carbocycles. The van der Waals surface area contributed by atoms with Crippen LogP contribution in [0.1, 0.15) is 17.0 Å². The average Bonchev–Trinajstić information content (AvgIpc) is 3.26. The summed E-state index contributed by atoms with van der Waals surface area (Å²) in [5, 5.41) is 13.4. The van der Waals surface area contributed by atoms with Crippen molar-refractivity contribution in [2.24, 2.45) is 5.92 Å². The van der Waals surface area contributed by atoms with Crippen LogP contribution in [0, 0.1) is 5.92 Å². The van der Waals surface area contributed by atoms with E-state index in [0.29, 0.717) is 18.8 Å². The lowest BCUT2D eigenvalue weighted by atomic mass is 9.85. The minimum Gasteiger partial charge on any atom is -0.481 e. The number of aliphatic carboxylic acids is 1. The molecular formula is C21H24N2O4. The molecule has 3 atom stereocenters. The largest absolute Gasteiger partial charge is 0.481 e. The molecule has 27 heavy (non-hydrogen) atoms. The fourth-order valence-electron chi connectivity index (χ4n) is 4.14. The highest BCUT2D eigenvalue weighted by atomic mass is 16.7. The summed E-state index contributed by atoms with van der Waals surface area (Å²) in [4.78, 5) is 14.2. The van der Waals surface area contributed by atoms with E-state index in [1.807, 2.05) is 43.4 Å². The van der Waals surface area contributed by atoms with E-state index in [0.717, 1.165) is 17.9 Å². The Labute approximate surface area is 158 Å². The molecule has 3 unspecified atom stereocenters. The summed E-state index contributed by atoms with van der Waals surface area (Å²) in [5.74, 6) is 0.112. The van der Waals surface area contributed by atoms with Crippen LogP contribution in [-0.4, -0.2) is 48.9 Å². The number of rotatable bonds is 6. The third kappa shape index (κ3) is 3.63. The molecule has 2 aliphatic rings. The number of nitrogens with zero attached hydrogens (tertiary/aromatic N) is 1. The second-order valence-corrected chi connectivity index (χ2v) is 7.21. The first-order chi connectivity index (χ1) is 13.1. The van der Waals surface area contributed by atoms with Gasteiger partial charge >= 0.3 is 5.97 Å². The van der Waals surface area contributed by atoms with Crippen LogP contribution in [0.2, 0.25) is 0 Å². The third-order valence-electron chi connectivity index (χ3n) is 5.53. The second-order valence-electron chi connectivity index (χ2n) is 7.21. The molecule has 6 nitrogen and oxygen atoms in total. The van der Waals surface area contributed by atoms with Gasteiger partial charge in [-0.15, -0.1) is 0 Å². The number of hydrogen-bond acceptors (Lipinski definition) is 5. The molecule has 1 fully saturated rings. The van der Waals surface area contributed by atoms with Crippen LogP contribution in [0.5, 0.6) is 11.5 Å². The predicted molar refractivity (Wildman–Crippen MR) is 101 cm³/mol. The van der Waals surface area contributed by atoms with Crippen LogP contribution in [0.4, 0.5) is 0 Å². The number of carboxylic acid groups (broad SMARTS) is 1. The van der Waals surface area contributed by atoms with Gasteiger partial charge in [-0.1, -0.05) is 36.4 Å². The van der Waals surface area contributed by atoms with Crippen LogP contribution >= 0.6 is 0 Å². The monoisotopic (exact) mass is 368 g/mol. The first-order valence-corrected chi connectivity index (χ1v) is 9.20. The van der Waals surface area contributed by atoms with Crippen LogP contribution in [0.3, 0.4) is 0 Å². The van der Waals surface area contributed by atoms with E-state index in [1.54, 1.807) is 0 Å². The Morgan fingerprint density at radius 3 is 2.74 bits per heavy atom. The lowest BCUT2D eigenvalue weighted by Gasteiger charge is -2.24. The first-order valence-electron chi connectivity index (χ1n) is 9.20. The van der Waals surface area contributed by atoms with Gasteiger partial charge in [-0.2, -0.15) is 0 Å². The Balaban J connectivity index is 1.48. The molecule has 0 aliphatic carbocycles. The number of benzene rings is 2. The van der Waals surface area contributed by atoms with Crippen molar-refractivity contribution in [1.82, 2.24) is 10.2 Å². The summed E-state index contributed by atoms with van der Waals surface area (Å²) in [7, 11) is 2.00. The Hall–Kier alpha value is -2.57. The van der Waals surface area contributed by atoms with E-state index in [1.165, 1.54) is 5.56 Å². The Kier molecular flexibility index (Phi) is 5.01. The molecule has 142 valence electrons. The van der Waals surface area contributed by atoms with E-state index in [2.05, 4.69) is 22.3 Å². The van der Waals surface area contributed by atoms with Gasteiger partial charge in [-0.05, 0) is 30.3 Å². The standard InChI is InChI=1S/C21H24N2O4/c1-23-12-16(15-7-8-18-19(9-15)27-13-26-18)20(21(24)25)17(23)11-22-10-14-5-3-2-4-6-14/h2-9,16-17,20,22H,10-13H2,1H3,(H,24,25).